The van der Waals surface area contributed by atoms with Crippen LogP contribution in [0.1, 0.15) is 170 Å². The summed E-state index contributed by atoms with van der Waals surface area (Å²) in [4.78, 5) is 190. The van der Waals surface area contributed by atoms with Crippen LogP contribution in [0.25, 0.3) is 0 Å². The Morgan fingerprint density at radius 1 is 0.640 bits per heavy atom. The highest BCUT2D eigenvalue weighted by Crippen LogP contribution is 2.44. The average Bonchev–Trinajstić information content (AvgIpc) is 0.815. The van der Waals surface area contributed by atoms with Crippen LogP contribution in [-0.2, 0) is 57.5 Å². The molecule has 12 amide bonds. The summed E-state index contributed by atoms with van der Waals surface area (Å²) < 4.78 is 42.1. The molecule has 6 fully saturated rings. The molecule has 4 unspecified atom stereocenters. The zero-order valence-corrected chi connectivity index (χ0v) is 63.3. The minimum atomic E-state index is -4.52. The second kappa shape index (κ2) is 36.9. The Kier molecular flexibility index (Phi) is 30.7. The van der Waals surface area contributed by atoms with Crippen LogP contribution in [0.5, 0.6) is 0 Å². The van der Waals surface area contributed by atoms with Crippen molar-refractivity contribution in [2.45, 2.75) is 248 Å². The summed E-state index contributed by atoms with van der Waals surface area (Å²) in [5.74, 6) is -10.0. The van der Waals surface area contributed by atoms with E-state index in [0.717, 1.165) is 49.8 Å². The normalized spacial score (nSPS) is 31.5. The van der Waals surface area contributed by atoms with Gasteiger partial charge < -0.3 is 65.4 Å². The Balaban J connectivity index is 1.42. The molecule has 15 atom stereocenters. The quantitative estimate of drug-likeness (QED) is 0.183. The van der Waals surface area contributed by atoms with Gasteiger partial charge in [-0.1, -0.05) is 79.1 Å². The van der Waals surface area contributed by atoms with E-state index in [2.05, 4.69) is 21.3 Å². The summed E-state index contributed by atoms with van der Waals surface area (Å²) in [5, 5.41) is 10.6. The average molecular weight is 1460 g/mol. The summed E-state index contributed by atoms with van der Waals surface area (Å²) >= 11 is 7.97. The van der Waals surface area contributed by atoms with Crippen molar-refractivity contribution in [2.24, 2.45) is 35.5 Å². The van der Waals surface area contributed by atoms with Crippen molar-refractivity contribution in [3.8, 4) is 0 Å². The summed E-state index contributed by atoms with van der Waals surface area (Å²) in [5.41, 5.74) is 0. The largest absolute Gasteiger partial charge is 0.393 e. The monoisotopic (exact) mass is 1450 g/mol. The fraction of sp³-hybridized carbons (Fsp3) is 0.829. The van der Waals surface area contributed by atoms with Crippen molar-refractivity contribution >= 4 is 94.2 Å². The zero-order chi connectivity index (χ0) is 74.5. The molecular formula is C70H115ClF3N13O12S. The molecule has 25 nitrogen and oxygen atoms in total. The first-order valence-corrected chi connectivity index (χ1v) is 37.8. The first-order chi connectivity index (χ1) is 46.9. The van der Waals surface area contributed by atoms with Crippen LogP contribution in [0.15, 0.2) is 0 Å². The number of alkyl halides is 4. The standard InChI is InChI=1S/C70H115ClF3N13O12S/c1-16-41(4)58-68(98)81(10)43(6)63(93)87-31-30-51(87)67(97)84(13)54(34-44-22-18-17-19-23-44)66(96)80(9)37-56(88)77-50(29-27-45-26-28-48(49(71)33-45)70(72,73)74)64(94)83(12)53(35-47-38-100-39-75-47)60(90)76-42(5)62(92)86(15)59(46-24-20-21-25-46)69(99)85(14)55(65(95)79(7)8)36-57(89)82(11)52(32-40(2)3)61(91)78-58/h40-55,58-59,75H,16-39H2,1-15H3,(H,76,90)(H,77,88)(H,78,91)/t41-,42-,43-,45?,47?,48?,49?,50-,51-,52-,53-,54-,55-,58-,59-/m0/s1. The third-order valence-electron chi connectivity index (χ3n) is 22.4. The molecule has 0 spiro atoms. The van der Waals surface area contributed by atoms with Gasteiger partial charge in [0.1, 0.15) is 60.4 Å². The second-order valence-electron chi connectivity index (χ2n) is 30.1. The number of nitrogens with one attached hydrogen (secondary N) is 4. The molecule has 3 aliphatic carbocycles. The fourth-order valence-corrected chi connectivity index (χ4v) is 16.9. The first kappa shape index (κ1) is 83.0. The van der Waals surface area contributed by atoms with Crippen molar-refractivity contribution in [1.82, 2.24) is 65.4 Å². The number of rotatable bonds is 13. The van der Waals surface area contributed by atoms with Crippen LogP contribution in [0, 0.1) is 35.5 Å². The fourth-order valence-electron chi connectivity index (χ4n) is 15.4. The Morgan fingerprint density at radius 2 is 1.26 bits per heavy atom. The lowest BCUT2D eigenvalue weighted by Gasteiger charge is -2.45. The highest BCUT2D eigenvalue weighted by molar-refractivity contribution is 7.99. The van der Waals surface area contributed by atoms with Crippen LogP contribution < -0.4 is 21.3 Å². The van der Waals surface area contributed by atoms with E-state index in [4.69, 9.17) is 11.6 Å². The molecule has 100 heavy (non-hydrogen) atoms. The minimum Gasteiger partial charge on any atom is -0.347 e. The maximum atomic E-state index is 15.3. The number of hydrogen-bond acceptors (Lipinski definition) is 14. The van der Waals surface area contributed by atoms with Gasteiger partial charge >= 0.3 is 6.18 Å². The van der Waals surface area contributed by atoms with Gasteiger partial charge in [-0.05, 0) is 114 Å². The molecule has 0 aromatic carbocycles. The lowest BCUT2D eigenvalue weighted by molar-refractivity contribution is -0.182. The van der Waals surface area contributed by atoms with E-state index in [9.17, 15) is 51.5 Å². The van der Waals surface area contributed by atoms with Gasteiger partial charge in [0.25, 0.3) is 0 Å². The molecular weight excluding hydrogens is 1340 g/mol. The molecule has 3 saturated heterocycles. The predicted molar refractivity (Wildman–Crippen MR) is 374 cm³/mol. The molecule has 0 aromatic heterocycles. The number of hydrogen-bond donors (Lipinski definition) is 4. The summed E-state index contributed by atoms with van der Waals surface area (Å²) in [6.45, 7) is 9.83. The highest BCUT2D eigenvalue weighted by atomic mass is 35.5. The smallest absolute Gasteiger partial charge is 0.347 e. The van der Waals surface area contributed by atoms with Crippen molar-refractivity contribution in [3.63, 3.8) is 0 Å². The first-order valence-electron chi connectivity index (χ1n) is 36.2. The van der Waals surface area contributed by atoms with Crippen LogP contribution in [0.4, 0.5) is 13.2 Å². The topological polar surface area (TPSA) is 282 Å². The maximum Gasteiger partial charge on any atom is 0.393 e. The molecule has 0 aromatic rings. The second-order valence-corrected chi connectivity index (χ2v) is 31.7. The number of thioether (sulfide) groups is 1. The van der Waals surface area contributed by atoms with Crippen molar-refractivity contribution in [3.05, 3.63) is 0 Å². The van der Waals surface area contributed by atoms with E-state index >= 15 is 19.2 Å². The number of amides is 12. The number of carbonyl (C=O) groups is 12. The SMILES string of the molecule is CC[C@H](C)[C@@H]1NC(=O)[C@H](CC(C)C)N(C)C(=O)C[C@@H](C(=O)N(C)C)N(C)C(=O)[C@H](C2CCCC2)N(C)C(=O)[C@H](C)NC(=O)[C@H](CC2CSCN2)N(C)C(=O)[C@H](CCC2CCC(C(F)(F)F)C(Cl)C2)NC(=O)CN(C)C(=O)[C@H](CC2CCCCC2)N(C)C(=O)[C@@H]2CCN2C(=O)[C@H](C)N(C)C1=O. The number of likely N-dealkylation sites (N-methyl/N-ethyl adjacent to an activating group) is 8. The molecule has 566 valence electrons. The van der Waals surface area contributed by atoms with Gasteiger partial charge in [0, 0.05) is 93.0 Å². The van der Waals surface area contributed by atoms with Crippen LogP contribution in [0.2, 0.25) is 0 Å². The number of nitrogens with zero attached hydrogens (tertiary/aromatic N) is 9. The van der Waals surface area contributed by atoms with Crippen LogP contribution in [0.3, 0.4) is 0 Å². The Hall–Kier alpha value is -5.97. The zero-order valence-electron chi connectivity index (χ0n) is 61.7. The van der Waals surface area contributed by atoms with Gasteiger partial charge in [0.15, 0.2) is 0 Å². The lowest BCUT2D eigenvalue weighted by atomic mass is 9.78. The summed E-state index contributed by atoms with van der Waals surface area (Å²) in [6.07, 6.45) is 2.72. The summed E-state index contributed by atoms with van der Waals surface area (Å²) in [6, 6.07) is -12.7. The third-order valence-corrected chi connectivity index (χ3v) is 23.9. The van der Waals surface area contributed by atoms with Gasteiger partial charge in [-0.3, -0.25) is 57.5 Å². The van der Waals surface area contributed by atoms with Gasteiger partial charge in [-0.2, -0.15) is 13.2 Å². The molecule has 0 radical (unpaired) electrons. The van der Waals surface area contributed by atoms with Gasteiger partial charge in [-0.25, -0.2) is 0 Å². The lowest BCUT2D eigenvalue weighted by Crippen LogP contribution is -2.65. The number of halogens is 4. The Bertz CT molecular complexity index is 2900. The molecule has 3 heterocycles. The summed E-state index contributed by atoms with van der Waals surface area (Å²) in [7, 11) is 12.9. The third kappa shape index (κ3) is 20.9. The van der Waals surface area contributed by atoms with E-state index in [1.165, 1.54) is 116 Å². The van der Waals surface area contributed by atoms with Crippen LogP contribution in [-0.4, -0.2) is 281 Å². The molecule has 3 saturated carbocycles. The minimum absolute atomic E-state index is 0.0184. The van der Waals surface area contributed by atoms with E-state index in [-0.39, 0.29) is 88.1 Å². The Labute approximate surface area is 599 Å². The molecule has 4 N–H and O–H groups in total. The van der Waals surface area contributed by atoms with Crippen LogP contribution >= 0.6 is 23.4 Å². The van der Waals surface area contributed by atoms with Gasteiger partial charge in [-0.15, -0.1) is 23.4 Å². The number of carbonyl (C=O) groups excluding carboxylic acids is 12. The van der Waals surface area contributed by atoms with E-state index in [0.29, 0.717) is 30.9 Å². The van der Waals surface area contributed by atoms with E-state index in [1.807, 2.05) is 20.8 Å². The van der Waals surface area contributed by atoms with E-state index in [1.54, 1.807) is 18.7 Å². The van der Waals surface area contributed by atoms with Crippen molar-refractivity contribution in [2.75, 3.05) is 88.1 Å². The molecule has 0 bridgehead atoms. The predicted octanol–water partition coefficient (Wildman–Crippen LogP) is 4.67. The van der Waals surface area contributed by atoms with Crippen molar-refractivity contribution in [1.29, 1.82) is 0 Å². The highest BCUT2D eigenvalue weighted by Gasteiger charge is 2.50. The molecule has 30 heteroatoms. The molecule has 6 rings (SSSR count). The van der Waals surface area contributed by atoms with Gasteiger partial charge in [0.05, 0.1) is 18.9 Å². The van der Waals surface area contributed by atoms with E-state index < -0.39 is 174 Å². The molecule has 3 aliphatic heterocycles. The Morgan fingerprint density at radius 3 is 1.82 bits per heavy atom. The maximum absolute atomic E-state index is 15.3. The van der Waals surface area contributed by atoms with Crippen molar-refractivity contribution < 1.29 is 70.7 Å². The van der Waals surface area contributed by atoms with Gasteiger partial charge in [0.2, 0.25) is 70.9 Å². The molecule has 6 aliphatic rings. The number of fused-ring (bicyclic) bond motifs is 1.